The van der Waals surface area contributed by atoms with Crippen molar-refractivity contribution in [3.8, 4) is 0 Å². The quantitative estimate of drug-likeness (QED) is 0.929. The Morgan fingerprint density at radius 3 is 2.75 bits per heavy atom. The summed E-state index contributed by atoms with van der Waals surface area (Å²) in [7, 11) is 0. The average molecular weight is 340 g/mol. The number of amides is 1. The summed E-state index contributed by atoms with van der Waals surface area (Å²) >= 11 is 3.42. The molecule has 0 spiro atoms. The molecule has 1 aromatic heterocycles. The Hall–Kier alpha value is -1.33. The number of hydrogen-bond acceptors (Lipinski definition) is 3. The Morgan fingerprint density at radius 2 is 2.15 bits per heavy atom. The highest BCUT2D eigenvalue weighted by molar-refractivity contribution is 9.10. The zero-order chi connectivity index (χ0) is 14.9. The smallest absolute Gasteiger partial charge is 0.290 e. The number of rotatable bonds is 4. The summed E-state index contributed by atoms with van der Waals surface area (Å²) in [5.74, 6) is 0.166. The summed E-state index contributed by atoms with van der Waals surface area (Å²) < 4.78 is 6.65. The first kappa shape index (κ1) is 15.1. The van der Waals surface area contributed by atoms with Gasteiger partial charge < -0.3 is 14.4 Å². The monoisotopic (exact) mass is 339 g/mol. The molecule has 0 aliphatic heterocycles. The molecule has 0 aliphatic rings. The average Bonchev–Trinajstić information content (AvgIpc) is 2.72. The van der Waals surface area contributed by atoms with Crippen LogP contribution in [0, 0.1) is 6.92 Å². The van der Waals surface area contributed by atoms with Crippen LogP contribution in [0.15, 0.2) is 27.1 Å². The number of nitrogens with zero attached hydrogens (tertiary/aromatic N) is 1. The van der Waals surface area contributed by atoms with Gasteiger partial charge in [-0.3, -0.25) is 4.79 Å². The number of aryl methyl sites for hydroxylation is 1. The van der Waals surface area contributed by atoms with Gasteiger partial charge in [-0.1, -0.05) is 15.9 Å². The number of hydrogen-bond donors (Lipinski definition) is 1. The van der Waals surface area contributed by atoms with Crippen LogP contribution >= 0.6 is 15.9 Å². The SMILES string of the molecule is Cc1c(C(=O)N(CCO)C(C)C)oc2ccc(Br)cc12. The second-order valence-electron chi connectivity index (χ2n) is 5.01. The standard InChI is InChI=1S/C15H18BrNO3/c1-9(2)17(6-7-18)15(19)14-10(3)12-8-11(16)4-5-13(12)20-14/h4-5,8-9,18H,6-7H2,1-3H3. The molecule has 1 aromatic carbocycles. The van der Waals surface area contributed by atoms with E-state index in [0.29, 0.717) is 17.9 Å². The van der Waals surface area contributed by atoms with Crippen molar-refractivity contribution >= 4 is 32.8 Å². The van der Waals surface area contributed by atoms with E-state index in [9.17, 15) is 4.79 Å². The molecule has 2 aromatic rings. The molecule has 5 heteroatoms. The topological polar surface area (TPSA) is 53.7 Å². The molecule has 1 N–H and O–H groups in total. The minimum absolute atomic E-state index is 0.00833. The third-order valence-corrected chi connectivity index (χ3v) is 3.81. The molecular weight excluding hydrogens is 322 g/mol. The molecule has 4 nitrogen and oxygen atoms in total. The van der Waals surface area contributed by atoms with Gasteiger partial charge in [0.1, 0.15) is 5.58 Å². The van der Waals surface area contributed by atoms with Gasteiger partial charge in [-0.2, -0.15) is 0 Å². The van der Waals surface area contributed by atoms with E-state index >= 15 is 0 Å². The highest BCUT2D eigenvalue weighted by Crippen LogP contribution is 2.29. The zero-order valence-electron chi connectivity index (χ0n) is 11.8. The van der Waals surface area contributed by atoms with Crippen molar-refractivity contribution in [3.05, 3.63) is 34.0 Å². The summed E-state index contributed by atoms with van der Waals surface area (Å²) in [6, 6.07) is 5.67. The molecule has 0 radical (unpaired) electrons. The minimum Gasteiger partial charge on any atom is -0.451 e. The second-order valence-corrected chi connectivity index (χ2v) is 5.93. The molecule has 1 amide bonds. The maximum Gasteiger partial charge on any atom is 0.290 e. The van der Waals surface area contributed by atoms with Crippen LogP contribution in [0.1, 0.15) is 30.0 Å². The molecular formula is C15H18BrNO3. The lowest BCUT2D eigenvalue weighted by atomic mass is 10.1. The van der Waals surface area contributed by atoms with E-state index in [4.69, 9.17) is 9.52 Å². The molecule has 0 bridgehead atoms. The maximum absolute atomic E-state index is 12.6. The first-order chi connectivity index (χ1) is 9.45. The highest BCUT2D eigenvalue weighted by Gasteiger charge is 2.24. The summed E-state index contributed by atoms with van der Waals surface area (Å²) in [6.07, 6.45) is 0. The molecule has 0 saturated heterocycles. The van der Waals surface area contributed by atoms with Crippen LogP contribution < -0.4 is 0 Å². The van der Waals surface area contributed by atoms with Crippen LogP contribution in [-0.2, 0) is 0 Å². The predicted octanol–water partition coefficient (Wildman–Crippen LogP) is 3.35. The van der Waals surface area contributed by atoms with Crippen LogP contribution in [0.25, 0.3) is 11.0 Å². The van der Waals surface area contributed by atoms with E-state index in [1.165, 1.54) is 0 Å². The Kier molecular flexibility index (Phi) is 4.50. The van der Waals surface area contributed by atoms with Crippen molar-refractivity contribution in [1.82, 2.24) is 4.90 Å². The third-order valence-electron chi connectivity index (χ3n) is 3.32. The van der Waals surface area contributed by atoms with Gasteiger partial charge in [0.25, 0.3) is 5.91 Å². The van der Waals surface area contributed by atoms with Crippen LogP contribution in [0.3, 0.4) is 0 Å². The van der Waals surface area contributed by atoms with Gasteiger partial charge in [-0.05, 0) is 39.0 Å². The van der Waals surface area contributed by atoms with E-state index in [-0.39, 0.29) is 18.6 Å². The first-order valence-corrected chi connectivity index (χ1v) is 7.35. The summed E-state index contributed by atoms with van der Waals surface area (Å²) in [5, 5.41) is 10.0. The number of benzene rings is 1. The third kappa shape index (κ3) is 2.74. The number of carbonyl (C=O) groups is 1. The Labute approximate surface area is 126 Å². The molecule has 108 valence electrons. The van der Waals surface area contributed by atoms with E-state index < -0.39 is 0 Å². The van der Waals surface area contributed by atoms with Gasteiger partial charge in [0.15, 0.2) is 5.76 Å². The van der Waals surface area contributed by atoms with Crippen molar-refractivity contribution in [2.75, 3.05) is 13.2 Å². The van der Waals surface area contributed by atoms with Crippen molar-refractivity contribution in [2.45, 2.75) is 26.8 Å². The number of fused-ring (bicyclic) bond motifs is 1. The van der Waals surface area contributed by atoms with Gasteiger partial charge in [0.2, 0.25) is 0 Å². The lowest BCUT2D eigenvalue weighted by molar-refractivity contribution is 0.0634. The van der Waals surface area contributed by atoms with Gasteiger partial charge in [0, 0.05) is 28.0 Å². The van der Waals surface area contributed by atoms with Gasteiger partial charge in [0.05, 0.1) is 6.61 Å². The normalized spacial score (nSPS) is 11.3. The largest absolute Gasteiger partial charge is 0.451 e. The van der Waals surface area contributed by atoms with Gasteiger partial charge >= 0.3 is 0 Å². The lowest BCUT2D eigenvalue weighted by Crippen LogP contribution is -2.39. The van der Waals surface area contributed by atoms with E-state index in [0.717, 1.165) is 15.4 Å². The van der Waals surface area contributed by atoms with Gasteiger partial charge in [-0.15, -0.1) is 0 Å². The fraction of sp³-hybridized carbons (Fsp3) is 0.400. The Bertz CT molecular complexity index is 633. The van der Waals surface area contributed by atoms with Gasteiger partial charge in [-0.25, -0.2) is 0 Å². The number of aliphatic hydroxyl groups excluding tert-OH is 1. The van der Waals surface area contributed by atoms with Crippen molar-refractivity contribution in [1.29, 1.82) is 0 Å². The molecule has 2 rings (SSSR count). The fourth-order valence-electron chi connectivity index (χ4n) is 2.23. The number of halogens is 1. The zero-order valence-corrected chi connectivity index (χ0v) is 13.4. The Balaban J connectivity index is 2.46. The number of carbonyl (C=O) groups excluding carboxylic acids is 1. The summed E-state index contributed by atoms with van der Waals surface area (Å²) in [6.45, 7) is 5.96. The molecule has 0 fully saturated rings. The van der Waals surface area contributed by atoms with Crippen molar-refractivity contribution in [3.63, 3.8) is 0 Å². The summed E-state index contributed by atoms with van der Waals surface area (Å²) in [5.41, 5.74) is 1.52. The number of aliphatic hydroxyl groups is 1. The second kappa shape index (κ2) is 5.97. The van der Waals surface area contributed by atoms with Crippen LogP contribution in [0.4, 0.5) is 0 Å². The molecule has 0 atom stereocenters. The molecule has 0 aliphatic carbocycles. The first-order valence-electron chi connectivity index (χ1n) is 6.56. The van der Waals surface area contributed by atoms with E-state index in [2.05, 4.69) is 15.9 Å². The molecule has 20 heavy (non-hydrogen) atoms. The molecule has 1 heterocycles. The lowest BCUT2D eigenvalue weighted by Gasteiger charge is -2.25. The predicted molar refractivity (Wildman–Crippen MR) is 81.9 cm³/mol. The van der Waals surface area contributed by atoms with Crippen molar-refractivity contribution in [2.24, 2.45) is 0 Å². The Morgan fingerprint density at radius 1 is 1.45 bits per heavy atom. The van der Waals surface area contributed by atoms with Crippen LogP contribution in [-0.4, -0.2) is 35.1 Å². The van der Waals surface area contributed by atoms with E-state index in [1.807, 2.05) is 39.0 Å². The van der Waals surface area contributed by atoms with Crippen molar-refractivity contribution < 1.29 is 14.3 Å². The maximum atomic E-state index is 12.6. The summed E-state index contributed by atoms with van der Waals surface area (Å²) in [4.78, 5) is 14.2. The minimum atomic E-state index is -0.182. The van der Waals surface area contributed by atoms with E-state index in [1.54, 1.807) is 4.90 Å². The fourth-order valence-corrected chi connectivity index (χ4v) is 2.59. The van der Waals surface area contributed by atoms with Crippen LogP contribution in [0.5, 0.6) is 0 Å². The molecule has 0 saturated carbocycles. The highest BCUT2D eigenvalue weighted by atomic mass is 79.9. The molecule has 0 unspecified atom stereocenters. The number of furan rings is 1. The van der Waals surface area contributed by atoms with Crippen LogP contribution in [0.2, 0.25) is 0 Å².